The van der Waals surface area contributed by atoms with E-state index < -0.39 is 12.1 Å². The van der Waals surface area contributed by atoms with E-state index in [4.69, 9.17) is 9.47 Å². The standard InChI is InChI=1S/C22H23NO4/c1-26-21(24)20-18-12-17(16-10-6-3-7-11-16)19(18)13-23(20)22(25)27-14-15-8-4-2-5-9-15/h2-11,17-20H,12-14H2,1H3/t17-,18+,19-,20+/m1/s1. The van der Waals surface area contributed by atoms with Crippen molar-refractivity contribution in [2.45, 2.75) is 25.0 Å². The van der Waals surface area contributed by atoms with Gasteiger partial charge < -0.3 is 9.47 Å². The first-order chi connectivity index (χ1) is 13.2. The largest absolute Gasteiger partial charge is 0.467 e. The molecule has 27 heavy (non-hydrogen) atoms. The molecule has 1 saturated heterocycles. The van der Waals surface area contributed by atoms with E-state index in [0.29, 0.717) is 12.5 Å². The highest BCUT2D eigenvalue weighted by atomic mass is 16.6. The third-order valence-electron chi connectivity index (χ3n) is 5.85. The molecule has 5 nitrogen and oxygen atoms in total. The van der Waals surface area contributed by atoms with Crippen LogP contribution in [0.2, 0.25) is 0 Å². The van der Waals surface area contributed by atoms with Crippen LogP contribution in [0.15, 0.2) is 60.7 Å². The van der Waals surface area contributed by atoms with Crippen LogP contribution in [0, 0.1) is 11.8 Å². The van der Waals surface area contributed by atoms with Crippen molar-refractivity contribution in [3.05, 3.63) is 71.8 Å². The summed E-state index contributed by atoms with van der Waals surface area (Å²) in [7, 11) is 1.37. The van der Waals surface area contributed by atoms with Gasteiger partial charge >= 0.3 is 12.1 Å². The zero-order chi connectivity index (χ0) is 18.8. The van der Waals surface area contributed by atoms with Gasteiger partial charge in [-0.1, -0.05) is 60.7 Å². The van der Waals surface area contributed by atoms with Crippen molar-refractivity contribution in [3.8, 4) is 0 Å². The Labute approximate surface area is 158 Å². The zero-order valence-corrected chi connectivity index (χ0v) is 15.3. The van der Waals surface area contributed by atoms with Crippen LogP contribution in [0.1, 0.15) is 23.5 Å². The number of rotatable bonds is 4. The summed E-state index contributed by atoms with van der Waals surface area (Å²) < 4.78 is 10.5. The fourth-order valence-corrected chi connectivity index (χ4v) is 4.44. The number of esters is 1. The van der Waals surface area contributed by atoms with E-state index in [-0.39, 0.29) is 24.4 Å². The molecule has 1 aliphatic carbocycles. The van der Waals surface area contributed by atoms with Gasteiger partial charge in [-0.2, -0.15) is 0 Å². The van der Waals surface area contributed by atoms with E-state index in [1.165, 1.54) is 12.7 Å². The highest BCUT2D eigenvalue weighted by Crippen LogP contribution is 2.54. The molecule has 2 aromatic carbocycles. The number of ether oxygens (including phenoxy) is 2. The predicted octanol–water partition coefficient (Wildman–Crippen LogP) is 3.60. The van der Waals surface area contributed by atoms with Crippen molar-refractivity contribution < 1.29 is 19.1 Å². The summed E-state index contributed by atoms with van der Waals surface area (Å²) in [6.45, 7) is 0.721. The second-order valence-electron chi connectivity index (χ2n) is 7.24. The number of hydrogen-bond acceptors (Lipinski definition) is 4. The van der Waals surface area contributed by atoms with E-state index in [2.05, 4.69) is 12.1 Å². The van der Waals surface area contributed by atoms with E-state index in [1.807, 2.05) is 48.5 Å². The molecule has 2 aromatic rings. The molecular formula is C22H23NO4. The lowest BCUT2D eigenvalue weighted by Crippen LogP contribution is -2.45. The minimum absolute atomic E-state index is 0.131. The van der Waals surface area contributed by atoms with Gasteiger partial charge in [-0.05, 0) is 35.3 Å². The summed E-state index contributed by atoms with van der Waals surface area (Å²) in [4.78, 5) is 26.6. The molecule has 1 heterocycles. The van der Waals surface area contributed by atoms with Gasteiger partial charge in [0.2, 0.25) is 0 Å². The monoisotopic (exact) mass is 365 g/mol. The molecule has 5 heteroatoms. The van der Waals surface area contributed by atoms with Gasteiger partial charge in [-0.25, -0.2) is 9.59 Å². The van der Waals surface area contributed by atoms with Gasteiger partial charge in [0.1, 0.15) is 12.6 Å². The fourth-order valence-electron chi connectivity index (χ4n) is 4.44. The van der Waals surface area contributed by atoms with Crippen LogP contribution < -0.4 is 0 Å². The lowest BCUT2D eigenvalue weighted by Gasteiger charge is -2.41. The van der Waals surface area contributed by atoms with Gasteiger partial charge in [0.05, 0.1) is 7.11 Å². The third-order valence-corrected chi connectivity index (χ3v) is 5.85. The highest BCUT2D eigenvalue weighted by Gasteiger charge is 2.57. The lowest BCUT2D eigenvalue weighted by molar-refractivity contribution is -0.147. The molecule has 1 amide bonds. The number of benzene rings is 2. The molecular weight excluding hydrogens is 342 g/mol. The first-order valence-corrected chi connectivity index (χ1v) is 9.29. The Morgan fingerprint density at radius 3 is 2.33 bits per heavy atom. The number of amides is 1. The van der Waals surface area contributed by atoms with Gasteiger partial charge in [0.15, 0.2) is 0 Å². The fraction of sp³-hybridized carbons (Fsp3) is 0.364. The highest BCUT2D eigenvalue weighted by molar-refractivity contribution is 5.83. The molecule has 0 N–H and O–H groups in total. The number of fused-ring (bicyclic) bond motifs is 1. The Balaban J connectivity index is 1.47. The van der Waals surface area contributed by atoms with Crippen LogP contribution >= 0.6 is 0 Å². The lowest BCUT2D eigenvalue weighted by atomic mass is 9.62. The summed E-state index contributed by atoms with van der Waals surface area (Å²) in [5, 5.41) is 0. The molecule has 0 radical (unpaired) electrons. The molecule has 1 aliphatic heterocycles. The maximum Gasteiger partial charge on any atom is 0.410 e. The normalized spacial score (nSPS) is 26.0. The summed E-state index contributed by atoms with van der Waals surface area (Å²) in [5.41, 5.74) is 2.19. The van der Waals surface area contributed by atoms with Gasteiger partial charge in [-0.3, -0.25) is 4.90 Å². The SMILES string of the molecule is COC(=O)[C@@H]1[C@H]2C[C@H](c3ccccc3)[C@H]2CN1C(=O)OCc1ccccc1. The minimum Gasteiger partial charge on any atom is -0.467 e. The van der Waals surface area contributed by atoms with Crippen LogP contribution in [0.5, 0.6) is 0 Å². The molecule has 2 fully saturated rings. The molecule has 4 rings (SSSR count). The zero-order valence-electron chi connectivity index (χ0n) is 15.3. The molecule has 0 spiro atoms. The number of carbonyl (C=O) groups is 2. The van der Waals surface area contributed by atoms with Crippen LogP contribution in [-0.4, -0.2) is 36.7 Å². The number of likely N-dealkylation sites (tertiary alicyclic amines) is 1. The molecule has 1 saturated carbocycles. The Bertz CT molecular complexity index is 808. The van der Waals surface area contributed by atoms with Crippen molar-refractivity contribution >= 4 is 12.1 Å². The maximum absolute atomic E-state index is 12.7. The average molecular weight is 365 g/mol. The van der Waals surface area contributed by atoms with E-state index in [0.717, 1.165) is 12.0 Å². The predicted molar refractivity (Wildman–Crippen MR) is 99.9 cm³/mol. The minimum atomic E-state index is -0.553. The van der Waals surface area contributed by atoms with Crippen LogP contribution in [-0.2, 0) is 20.9 Å². The van der Waals surface area contributed by atoms with Crippen molar-refractivity contribution in [2.24, 2.45) is 11.8 Å². The number of hydrogen-bond donors (Lipinski definition) is 0. The third kappa shape index (κ3) is 3.29. The molecule has 4 atom stereocenters. The molecule has 0 bridgehead atoms. The number of methoxy groups -OCH3 is 1. The van der Waals surface area contributed by atoms with Crippen molar-refractivity contribution in [2.75, 3.05) is 13.7 Å². The Hall–Kier alpha value is -2.82. The second kappa shape index (κ2) is 7.43. The van der Waals surface area contributed by atoms with Crippen LogP contribution in [0.3, 0.4) is 0 Å². The molecule has 0 unspecified atom stereocenters. The Morgan fingerprint density at radius 2 is 1.67 bits per heavy atom. The van der Waals surface area contributed by atoms with Crippen LogP contribution in [0.25, 0.3) is 0 Å². The van der Waals surface area contributed by atoms with E-state index in [1.54, 1.807) is 4.90 Å². The van der Waals surface area contributed by atoms with E-state index >= 15 is 0 Å². The number of nitrogens with zero attached hydrogens (tertiary/aromatic N) is 1. The summed E-state index contributed by atoms with van der Waals surface area (Å²) in [5.74, 6) is 0.411. The van der Waals surface area contributed by atoms with Crippen molar-refractivity contribution in [3.63, 3.8) is 0 Å². The molecule has 2 aliphatic rings. The Kier molecular flexibility index (Phi) is 4.84. The topological polar surface area (TPSA) is 55.8 Å². The first kappa shape index (κ1) is 17.6. The quantitative estimate of drug-likeness (QED) is 0.777. The first-order valence-electron chi connectivity index (χ1n) is 9.29. The van der Waals surface area contributed by atoms with E-state index in [9.17, 15) is 9.59 Å². The van der Waals surface area contributed by atoms with Crippen molar-refractivity contribution in [1.29, 1.82) is 0 Å². The summed E-state index contributed by atoms with van der Waals surface area (Å²) in [6, 6.07) is 19.3. The molecule has 0 aromatic heterocycles. The van der Waals surface area contributed by atoms with Gasteiger partial charge in [0, 0.05) is 6.54 Å². The molecule has 140 valence electrons. The van der Waals surface area contributed by atoms with Crippen molar-refractivity contribution in [1.82, 2.24) is 4.90 Å². The second-order valence-corrected chi connectivity index (χ2v) is 7.24. The smallest absolute Gasteiger partial charge is 0.410 e. The summed E-state index contributed by atoms with van der Waals surface area (Å²) >= 11 is 0. The Morgan fingerprint density at radius 1 is 1.00 bits per heavy atom. The van der Waals surface area contributed by atoms with Gasteiger partial charge in [-0.15, -0.1) is 0 Å². The maximum atomic E-state index is 12.7. The number of carbonyl (C=O) groups excluding carboxylic acids is 2. The van der Waals surface area contributed by atoms with Crippen LogP contribution in [0.4, 0.5) is 4.79 Å². The van der Waals surface area contributed by atoms with Gasteiger partial charge in [0.25, 0.3) is 0 Å². The average Bonchev–Trinajstić information content (AvgIpc) is 3.00. The summed E-state index contributed by atoms with van der Waals surface area (Å²) in [6.07, 6.45) is 0.437.